The molecule has 0 aliphatic carbocycles. The molecule has 5 heteroatoms. The number of ether oxygens (including phenoxy) is 2. The lowest BCUT2D eigenvalue weighted by atomic mass is 10.2. The summed E-state index contributed by atoms with van der Waals surface area (Å²) in [5.41, 5.74) is 2.69. The first-order valence-corrected chi connectivity index (χ1v) is 6.23. The lowest BCUT2D eigenvalue weighted by Crippen LogP contribution is -1.92. The van der Waals surface area contributed by atoms with Crippen molar-refractivity contribution < 1.29 is 9.47 Å². The van der Waals surface area contributed by atoms with Gasteiger partial charge in [-0.2, -0.15) is 0 Å². The van der Waals surface area contributed by atoms with Crippen molar-refractivity contribution in [1.29, 1.82) is 0 Å². The van der Waals surface area contributed by atoms with Crippen LogP contribution in [0.25, 0.3) is 22.4 Å². The number of aromatic nitrogens is 2. The monoisotopic (exact) mass is 272 g/mol. The van der Waals surface area contributed by atoms with Gasteiger partial charge in [-0.05, 0) is 18.2 Å². The average molecular weight is 273 g/mol. The van der Waals surface area contributed by atoms with Crippen molar-refractivity contribution in [3.05, 3.63) is 41.4 Å². The lowest BCUT2D eigenvalue weighted by molar-refractivity contribution is 0.174. The summed E-state index contributed by atoms with van der Waals surface area (Å²) in [7, 11) is 0. The molecule has 1 N–H and O–H groups in total. The van der Waals surface area contributed by atoms with Crippen molar-refractivity contribution in [2.45, 2.75) is 0 Å². The fourth-order valence-electron chi connectivity index (χ4n) is 2.18. The number of fused-ring (bicyclic) bond motifs is 2. The highest BCUT2D eigenvalue weighted by atomic mass is 35.5. The van der Waals surface area contributed by atoms with Gasteiger partial charge in [-0.1, -0.05) is 23.7 Å². The van der Waals surface area contributed by atoms with Gasteiger partial charge in [0.05, 0.1) is 16.1 Å². The summed E-state index contributed by atoms with van der Waals surface area (Å²) in [5.74, 6) is 2.09. The van der Waals surface area contributed by atoms with Gasteiger partial charge in [0, 0.05) is 11.6 Å². The van der Waals surface area contributed by atoms with Crippen molar-refractivity contribution in [2.24, 2.45) is 0 Å². The molecule has 0 amide bonds. The van der Waals surface area contributed by atoms with E-state index >= 15 is 0 Å². The van der Waals surface area contributed by atoms with Crippen LogP contribution in [0.4, 0.5) is 0 Å². The summed E-state index contributed by atoms with van der Waals surface area (Å²) in [5, 5.41) is 0.586. The van der Waals surface area contributed by atoms with E-state index in [1.54, 1.807) is 6.07 Å². The highest BCUT2D eigenvalue weighted by molar-refractivity contribution is 6.33. The zero-order valence-electron chi connectivity index (χ0n) is 9.81. The van der Waals surface area contributed by atoms with Gasteiger partial charge < -0.3 is 14.5 Å². The zero-order chi connectivity index (χ0) is 12.8. The highest BCUT2D eigenvalue weighted by Gasteiger charge is 2.18. The Morgan fingerprint density at radius 2 is 1.89 bits per heavy atom. The Kier molecular flexibility index (Phi) is 2.19. The van der Waals surface area contributed by atoms with Crippen LogP contribution in [0, 0.1) is 0 Å². The summed E-state index contributed by atoms with van der Waals surface area (Å²) in [6.45, 7) is 0.231. The van der Waals surface area contributed by atoms with Crippen LogP contribution in [0.5, 0.6) is 11.5 Å². The van der Waals surface area contributed by atoms with Crippen molar-refractivity contribution in [3.63, 3.8) is 0 Å². The molecule has 0 saturated heterocycles. The summed E-state index contributed by atoms with van der Waals surface area (Å²) >= 11 is 6.27. The van der Waals surface area contributed by atoms with Gasteiger partial charge in [0.2, 0.25) is 6.79 Å². The number of halogens is 1. The van der Waals surface area contributed by atoms with Crippen molar-refractivity contribution in [1.82, 2.24) is 9.97 Å². The Morgan fingerprint density at radius 3 is 2.74 bits per heavy atom. The first-order valence-electron chi connectivity index (χ1n) is 5.85. The molecule has 2 aromatic carbocycles. The Labute approximate surface area is 113 Å². The van der Waals surface area contributed by atoms with Gasteiger partial charge in [0.1, 0.15) is 5.82 Å². The summed E-state index contributed by atoms with van der Waals surface area (Å²) in [4.78, 5) is 7.78. The Hall–Kier alpha value is -2.20. The third kappa shape index (κ3) is 1.64. The number of benzene rings is 2. The molecule has 2 heterocycles. The number of hydrogen-bond donors (Lipinski definition) is 1. The molecular weight excluding hydrogens is 264 g/mol. The highest BCUT2D eigenvalue weighted by Crippen LogP contribution is 2.40. The number of rotatable bonds is 1. The van der Waals surface area contributed by atoms with E-state index in [1.807, 2.05) is 30.3 Å². The molecular formula is C14H9ClN2O2. The molecule has 0 fully saturated rings. The maximum Gasteiger partial charge on any atom is 0.231 e. The molecule has 0 unspecified atom stereocenters. The summed E-state index contributed by atoms with van der Waals surface area (Å²) in [6.07, 6.45) is 0. The van der Waals surface area contributed by atoms with E-state index in [4.69, 9.17) is 21.1 Å². The van der Waals surface area contributed by atoms with E-state index in [-0.39, 0.29) is 6.79 Å². The van der Waals surface area contributed by atoms with Gasteiger partial charge in [0.25, 0.3) is 0 Å². The zero-order valence-corrected chi connectivity index (χ0v) is 10.6. The molecule has 1 aliphatic heterocycles. The average Bonchev–Trinajstić information content (AvgIpc) is 3.02. The molecule has 0 radical (unpaired) electrons. The Bertz CT molecular complexity index is 749. The number of hydrogen-bond acceptors (Lipinski definition) is 3. The van der Waals surface area contributed by atoms with Gasteiger partial charge >= 0.3 is 0 Å². The summed E-state index contributed by atoms with van der Waals surface area (Å²) < 4.78 is 10.7. The van der Waals surface area contributed by atoms with Crippen LogP contribution in [-0.2, 0) is 0 Å². The standard InChI is InChI=1S/C14H9ClN2O2/c15-9-6-13-12(18-7-19-13)5-8(9)14-16-10-3-1-2-4-11(10)17-14/h1-6H,7H2,(H,16,17). The second kappa shape index (κ2) is 3.90. The Balaban J connectivity index is 1.92. The predicted octanol–water partition coefficient (Wildman–Crippen LogP) is 3.61. The van der Waals surface area contributed by atoms with Crippen molar-refractivity contribution in [3.8, 4) is 22.9 Å². The van der Waals surface area contributed by atoms with Crippen molar-refractivity contribution in [2.75, 3.05) is 6.79 Å². The van der Waals surface area contributed by atoms with Crippen LogP contribution in [-0.4, -0.2) is 16.8 Å². The van der Waals surface area contributed by atoms with E-state index < -0.39 is 0 Å². The largest absolute Gasteiger partial charge is 0.454 e. The number of para-hydroxylation sites is 2. The van der Waals surface area contributed by atoms with Crippen LogP contribution in [0.2, 0.25) is 5.02 Å². The molecule has 4 nitrogen and oxygen atoms in total. The molecule has 94 valence electrons. The normalized spacial score (nSPS) is 13.1. The number of nitrogens with one attached hydrogen (secondary N) is 1. The minimum Gasteiger partial charge on any atom is -0.454 e. The molecule has 0 saturated carbocycles. The lowest BCUT2D eigenvalue weighted by Gasteiger charge is -2.02. The van der Waals surface area contributed by atoms with Crippen LogP contribution >= 0.6 is 11.6 Å². The minimum atomic E-state index is 0.231. The number of aromatic amines is 1. The molecule has 1 aromatic heterocycles. The van der Waals surface area contributed by atoms with E-state index in [0.29, 0.717) is 16.5 Å². The van der Waals surface area contributed by atoms with Crippen molar-refractivity contribution >= 4 is 22.6 Å². The maximum atomic E-state index is 6.27. The molecule has 3 aromatic rings. The van der Waals surface area contributed by atoms with E-state index in [2.05, 4.69) is 9.97 Å². The first kappa shape index (κ1) is 10.7. The third-order valence-electron chi connectivity index (χ3n) is 3.11. The van der Waals surface area contributed by atoms with Gasteiger partial charge in [-0.3, -0.25) is 0 Å². The quantitative estimate of drug-likeness (QED) is 0.736. The first-order chi connectivity index (χ1) is 9.31. The number of H-pyrrole nitrogens is 1. The number of imidazole rings is 1. The van der Waals surface area contributed by atoms with Crippen LogP contribution in [0.1, 0.15) is 0 Å². The molecule has 19 heavy (non-hydrogen) atoms. The van der Waals surface area contributed by atoms with E-state index in [0.717, 1.165) is 22.4 Å². The maximum absolute atomic E-state index is 6.27. The SMILES string of the molecule is Clc1cc2c(cc1-c1nc3ccccc3[nH]1)OCO2. The second-order valence-corrected chi connectivity index (χ2v) is 4.70. The molecule has 0 atom stereocenters. The molecule has 0 bridgehead atoms. The van der Waals surface area contributed by atoms with Crippen LogP contribution in [0.3, 0.4) is 0 Å². The number of nitrogens with zero attached hydrogens (tertiary/aromatic N) is 1. The molecule has 4 rings (SSSR count). The predicted molar refractivity (Wildman–Crippen MR) is 72.7 cm³/mol. The molecule has 0 spiro atoms. The van der Waals surface area contributed by atoms with Gasteiger partial charge in [-0.15, -0.1) is 0 Å². The Morgan fingerprint density at radius 1 is 1.11 bits per heavy atom. The van der Waals surface area contributed by atoms with Crippen LogP contribution in [0.15, 0.2) is 36.4 Å². The van der Waals surface area contributed by atoms with E-state index in [9.17, 15) is 0 Å². The van der Waals surface area contributed by atoms with Gasteiger partial charge in [0.15, 0.2) is 11.5 Å². The summed E-state index contributed by atoms with van der Waals surface area (Å²) in [6, 6.07) is 11.5. The topological polar surface area (TPSA) is 47.1 Å². The fraction of sp³-hybridized carbons (Fsp3) is 0.0714. The smallest absolute Gasteiger partial charge is 0.231 e. The second-order valence-electron chi connectivity index (χ2n) is 4.29. The van der Waals surface area contributed by atoms with Crippen LogP contribution < -0.4 is 9.47 Å². The minimum absolute atomic E-state index is 0.231. The third-order valence-corrected chi connectivity index (χ3v) is 3.42. The molecule has 1 aliphatic rings. The van der Waals surface area contributed by atoms with E-state index in [1.165, 1.54) is 0 Å². The fourth-order valence-corrected chi connectivity index (χ4v) is 2.42. The van der Waals surface area contributed by atoms with Gasteiger partial charge in [-0.25, -0.2) is 4.98 Å².